The van der Waals surface area contributed by atoms with Crippen LogP contribution in [0.5, 0.6) is 0 Å². The highest BCUT2D eigenvalue weighted by Crippen LogP contribution is 2.17. The molecule has 0 saturated heterocycles. The summed E-state index contributed by atoms with van der Waals surface area (Å²) < 4.78 is 0. The minimum absolute atomic E-state index is 0.602. The number of nitrogens with one attached hydrogen (secondary N) is 2. The topological polar surface area (TPSA) is 27.8 Å². The number of benzene rings is 1. The Balaban J connectivity index is 1.86. The van der Waals surface area contributed by atoms with Gasteiger partial charge in [0.05, 0.1) is 0 Å². The Hall–Kier alpha value is -1.28. The van der Waals surface area contributed by atoms with Gasteiger partial charge in [-0.3, -0.25) is 0 Å². The van der Waals surface area contributed by atoms with Crippen LogP contribution in [0.3, 0.4) is 0 Å². The van der Waals surface area contributed by atoms with Crippen LogP contribution in [0, 0.1) is 0 Å². The van der Waals surface area contributed by atoms with Crippen LogP contribution in [0.2, 0.25) is 0 Å². The lowest BCUT2D eigenvalue weighted by molar-refractivity contribution is 0.488. The number of fused-ring (bicyclic) bond motifs is 1. The van der Waals surface area contributed by atoms with Crippen LogP contribution in [-0.2, 0) is 6.54 Å². The average Bonchev–Trinajstić information content (AvgIpc) is 2.80. The fourth-order valence-corrected chi connectivity index (χ4v) is 2.36. The molecule has 98 valence electrons. The number of unbranched alkanes of at least 4 members (excludes halogenated alkanes) is 2. The highest BCUT2D eigenvalue weighted by atomic mass is 14.9. The Labute approximate surface area is 110 Å². The van der Waals surface area contributed by atoms with Crippen molar-refractivity contribution in [2.24, 2.45) is 0 Å². The molecule has 0 saturated carbocycles. The van der Waals surface area contributed by atoms with E-state index in [1.807, 2.05) is 0 Å². The minimum Gasteiger partial charge on any atom is -0.361 e. The van der Waals surface area contributed by atoms with Gasteiger partial charge in [0.25, 0.3) is 0 Å². The van der Waals surface area contributed by atoms with Crippen LogP contribution in [0.15, 0.2) is 30.5 Å². The lowest BCUT2D eigenvalue weighted by atomic mass is 10.1. The molecular formula is C16H24N2. The molecule has 1 aromatic heterocycles. The predicted octanol–water partition coefficient (Wildman–Crippen LogP) is 4.23. The summed E-state index contributed by atoms with van der Waals surface area (Å²) in [7, 11) is 0. The Morgan fingerprint density at radius 1 is 1.22 bits per heavy atom. The van der Waals surface area contributed by atoms with Gasteiger partial charge in [-0.2, -0.15) is 0 Å². The van der Waals surface area contributed by atoms with E-state index in [1.54, 1.807) is 0 Å². The molecule has 2 heteroatoms. The third kappa shape index (κ3) is 3.36. The second-order valence-corrected chi connectivity index (χ2v) is 5.14. The van der Waals surface area contributed by atoms with Crippen molar-refractivity contribution in [2.45, 2.75) is 52.1 Å². The quantitative estimate of drug-likeness (QED) is 0.701. The molecule has 2 aromatic rings. The Bertz CT molecular complexity index is 473. The second-order valence-electron chi connectivity index (χ2n) is 5.14. The number of H-pyrrole nitrogens is 1. The molecule has 1 heterocycles. The zero-order chi connectivity index (χ0) is 12.8. The Morgan fingerprint density at radius 2 is 2.06 bits per heavy atom. The van der Waals surface area contributed by atoms with Crippen LogP contribution in [0.25, 0.3) is 10.9 Å². The van der Waals surface area contributed by atoms with Crippen molar-refractivity contribution in [2.75, 3.05) is 0 Å². The summed E-state index contributed by atoms with van der Waals surface area (Å²) in [6.07, 6.45) is 7.37. The molecule has 2 nitrogen and oxygen atoms in total. The van der Waals surface area contributed by atoms with Crippen molar-refractivity contribution in [1.29, 1.82) is 0 Å². The lowest BCUT2D eigenvalue weighted by Gasteiger charge is -2.13. The van der Waals surface area contributed by atoms with Gasteiger partial charge < -0.3 is 10.3 Å². The first kappa shape index (κ1) is 13.2. The molecule has 0 aliphatic rings. The van der Waals surface area contributed by atoms with Gasteiger partial charge in [-0.15, -0.1) is 0 Å². The highest BCUT2D eigenvalue weighted by molar-refractivity contribution is 5.82. The molecule has 2 N–H and O–H groups in total. The number of para-hydroxylation sites is 1. The third-order valence-electron chi connectivity index (χ3n) is 3.56. The fraction of sp³-hybridized carbons (Fsp3) is 0.500. The van der Waals surface area contributed by atoms with Crippen LogP contribution >= 0.6 is 0 Å². The van der Waals surface area contributed by atoms with Gasteiger partial charge in [0, 0.05) is 29.7 Å². The van der Waals surface area contributed by atoms with Crippen molar-refractivity contribution in [3.63, 3.8) is 0 Å². The van der Waals surface area contributed by atoms with Crippen molar-refractivity contribution >= 4 is 10.9 Å². The molecule has 0 radical (unpaired) electrons. The van der Waals surface area contributed by atoms with Gasteiger partial charge in [-0.25, -0.2) is 0 Å². The van der Waals surface area contributed by atoms with Gasteiger partial charge in [0.1, 0.15) is 0 Å². The second kappa shape index (κ2) is 6.60. The first-order valence-electron chi connectivity index (χ1n) is 7.09. The monoisotopic (exact) mass is 244 g/mol. The molecule has 2 rings (SSSR count). The number of rotatable bonds is 7. The number of aromatic nitrogens is 1. The number of hydrogen-bond acceptors (Lipinski definition) is 1. The highest BCUT2D eigenvalue weighted by Gasteiger charge is 2.05. The van der Waals surface area contributed by atoms with Crippen LogP contribution in [0.1, 0.15) is 45.1 Å². The summed E-state index contributed by atoms with van der Waals surface area (Å²) >= 11 is 0. The van der Waals surface area contributed by atoms with Gasteiger partial charge in [0.2, 0.25) is 0 Å². The average molecular weight is 244 g/mol. The van der Waals surface area contributed by atoms with Crippen molar-refractivity contribution in [1.82, 2.24) is 10.3 Å². The normalized spacial score (nSPS) is 13.0. The summed E-state index contributed by atoms with van der Waals surface area (Å²) in [6.45, 7) is 5.49. The lowest BCUT2D eigenvalue weighted by Crippen LogP contribution is -2.25. The Kier molecular flexibility index (Phi) is 4.82. The summed E-state index contributed by atoms with van der Waals surface area (Å²) in [5.74, 6) is 0. The summed E-state index contributed by atoms with van der Waals surface area (Å²) in [6, 6.07) is 9.09. The van der Waals surface area contributed by atoms with E-state index in [0.717, 1.165) is 6.54 Å². The number of aromatic amines is 1. The molecule has 1 atom stereocenters. The zero-order valence-electron chi connectivity index (χ0n) is 11.5. The van der Waals surface area contributed by atoms with E-state index in [2.05, 4.69) is 54.6 Å². The Morgan fingerprint density at radius 3 is 2.89 bits per heavy atom. The maximum absolute atomic E-state index is 3.62. The maximum atomic E-state index is 3.62. The van der Waals surface area contributed by atoms with Crippen molar-refractivity contribution < 1.29 is 0 Å². The molecule has 1 aromatic carbocycles. The predicted molar refractivity (Wildman–Crippen MR) is 78.7 cm³/mol. The molecule has 1 unspecified atom stereocenters. The third-order valence-corrected chi connectivity index (χ3v) is 3.56. The molecule has 0 fully saturated rings. The van der Waals surface area contributed by atoms with E-state index >= 15 is 0 Å². The first-order valence-corrected chi connectivity index (χ1v) is 7.09. The van der Waals surface area contributed by atoms with E-state index in [4.69, 9.17) is 0 Å². The van der Waals surface area contributed by atoms with Crippen molar-refractivity contribution in [3.05, 3.63) is 36.0 Å². The molecular weight excluding hydrogens is 220 g/mol. The molecule has 18 heavy (non-hydrogen) atoms. The van der Waals surface area contributed by atoms with Gasteiger partial charge in [0.15, 0.2) is 0 Å². The molecule has 0 aliphatic carbocycles. The van der Waals surface area contributed by atoms with Gasteiger partial charge >= 0.3 is 0 Å². The maximum Gasteiger partial charge on any atom is 0.0457 e. The molecule has 0 spiro atoms. The zero-order valence-corrected chi connectivity index (χ0v) is 11.5. The fourth-order valence-electron chi connectivity index (χ4n) is 2.36. The first-order chi connectivity index (χ1) is 8.81. The largest absolute Gasteiger partial charge is 0.361 e. The van der Waals surface area contributed by atoms with E-state index in [-0.39, 0.29) is 0 Å². The van der Waals surface area contributed by atoms with Crippen LogP contribution in [0.4, 0.5) is 0 Å². The number of hydrogen-bond donors (Lipinski definition) is 2. The smallest absolute Gasteiger partial charge is 0.0457 e. The van der Waals surface area contributed by atoms with E-state index in [0.29, 0.717) is 6.04 Å². The van der Waals surface area contributed by atoms with E-state index < -0.39 is 0 Å². The molecule has 0 bridgehead atoms. The van der Waals surface area contributed by atoms with Crippen LogP contribution in [-0.4, -0.2) is 11.0 Å². The van der Waals surface area contributed by atoms with E-state index in [9.17, 15) is 0 Å². The van der Waals surface area contributed by atoms with Crippen molar-refractivity contribution in [3.8, 4) is 0 Å². The summed E-state index contributed by atoms with van der Waals surface area (Å²) in [4.78, 5) is 3.32. The minimum atomic E-state index is 0.602. The van der Waals surface area contributed by atoms with Gasteiger partial charge in [-0.1, -0.05) is 44.4 Å². The summed E-state index contributed by atoms with van der Waals surface area (Å²) in [5.41, 5.74) is 2.60. The molecule has 0 aliphatic heterocycles. The van der Waals surface area contributed by atoms with E-state index in [1.165, 1.54) is 42.1 Å². The summed E-state index contributed by atoms with van der Waals surface area (Å²) in [5, 5.41) is 4.95. The standard InChI is InChI=1S/C16H24N2/c1-3-4-5-8-13(2)17-11-14-12-18-16-10-7-6-9-15(14)16/h6-7,9-10,12-13,17-18H,3-5,8,11H2,1-2H3. The SMILES string of the molecule is CCCCCC(C)NCc1c[nH]c2ccccc12. The van der Waals surface area contributed by atoms with Crippen LogP contribution < -0.4 is 5.32 Å². The van der Waals surface area contributed by atoms with Gasteiger partial charge in [-0.05, 0) is 25.0 Å². The molecule has 0 amide bonds.